The fourth-order valence-electron chi connectivity index (χ4n) is 3.55. The van der Waals surface area contributed by atoms with Gasteiger partial charge in [-0.2, -0.15) is 0 Å². The lowest BCUT2D eigenvalue weighted by atomic mass is 9.82. The first kappa shape index (κ1) is 18.1. The van der Waals surface area contributed by atoms with Crippen molar-refractivity contribution >= 4 is 16.8 Å². The fraction of sp³-hybridized carbons (Fsp3) is 0.318. The number of hydrogen-bond donors (Lipinski definition) is 2. The minimum Gasteiger partial charge on any atom is -0.497 e. The summed E-state index contributed by atoms with van der Waals surface area (Å²) >= 11 is 0. The molecular weight excluding hydrogens is 324 g/mol. The predicted molar refractivity (Wildman–Crippen MR) is 106 cm³/mol. The predicted octanol–water partition coefficient (Wildman–Crippen LogP) is 4.12. The lowest BCUT2D eigenvalue weighted by Gasteiger charge is -2.26. The summed E-state index contributed by atoms with van der Waals surface area (Å²) in [6, 6.07) is 15.9. The summed E-state index contributed by atoms with van der Waals surface area (Å²) in [5.74, 6) is 0.825. The Morgan fingerprint density at radius 3 is 2.50 bits per heavy atom. The van der Waals surface area contributed by atoms with Crippen LogP contribution in [0.5, 0.6) is 5.75 Å². The van der Waals surface area contributed by atoms with E-state index in [0.29, 0.717) is 13.0 Å². The number of aromatic amines is 1. The number of aromatic nitrogens is 1. The van der Waals surface area contributed by atoms with Crippen LogP contribution in [-0.2, 0) is 16.6 Å². The van der Waals surface area contributed by atoms with E-state index < -0.39 is 0 Å². The third-order valence-electron chi connectivity index (χ3n) is 4.82. The van der Waals surface area contributed by atoms with Crippen LogP contribution in [0.1, 0.15) is 30.7 Å². The lowest BCUT2D eigenvalue weighted by molar-refractivity contribution is -0.120. The molecule has 0 bridgehead atoms. The quantitative estimate of drug-likeness (QED) is 0.702. The van der Waals surface area contributed by atoms with Crippen LogP contribution in [0.15, 0.2) is 48.5 Å². The highest BCUT2D eigenvalue weighted by atomic mass is 16.5. The Bertz CT molecular complexity index is 908. The minimum atomic E-state index is -0.167. The molecule has 26 heavy (non-hydrogen) atoms. The van der Waals surface area contributed by atoms with Crippen molar-refractivity contribution in [3.63, 3.8) is 0 Å². The second-order valence-electron chi connectivity index (χ2n) is 7.36. The highest BCUT2D eigenvalue weighted by molar-refractivity contribution is 5.86. The number of benzene rings is 2. The largest absolute Gasteiger partial charge is 0.497 e. The average molecular weight is 350 g/mol. The zero-order chi connectivity index (χ0) is 18.7. The van der Waals surface area contributed by atoms with E-state index in [-0.39, 0.29) is 11.3 Å². The first-order valence-corrected chi connectivity index (χ1v) is 8.88. The Kier molecular flexibility index (Phi) is 5.03. The highest BCUT2D eigenvalue weighted by Crippen LogP contribution is 2.33. The Hall–Kier alpha value is -2.75. The molecular formula is C22H26N2O2. The van der Waals surface area contributed by atoms with E-state index in [1.54, 1.807) is 7.11 Å². The van der Waals surface area contributed by atoms with E-state index in [2.05, 4.69) is 49.3 Å². The van der Waals surface area contributed by atoms with Gasteiger partial charge in [-0.15, -0.1) is 0 Å². The van der Waals surface area contributed by atoms with E-state index >= 15 is 0 Å². The molecule has 0 unspecified atom stereocenters. The Balaban J connectivity index is 1.69. The van der Waals surface area contributed by atoms with Crippen molar-refractivity contribution in [1.29, 1.82) is 0 Å². The van der Waals surface area contributed by atoms with Gasteiger partial charge in [0, 0.05) is 28.6 Å². The van der Waals surface area contributed by atoms with Crippen molar-refractivity contribution in [2.45, 2.75) is 32.6 Å². The van der Waals surface area contributed by atoms with Gasteiger partial charge in [-0.25, -0.2) is 0 Å². The molecule has 4 nitrogen and oxygen atoms in total. The van der Waals surface area contributed by atoms with Crippen LogP contribution in [0.3, 0.4) is 0 Å². The molecule has 1 amide bonds. The molecule has 0 aliphatic carbocycles. The molecule has 2 N–H and O–H groups in total. The lowest BCUT2D eigenvalue weighted by Crippen LogP contribution is -2.37. The van der Waals surface area contributed by atoms with Crippen molar-refractivity contribution in [3.05, 3.63) is 65.4 Å². The molecule has 2 aromatic carbocycles. The van der Waals surface area contributed by atoms with Crippen LogP contribution >= 0.6 is 0 Å². The van der Waals surface area contributed by atoms with Gasteiger partial charge in [0.1, 0.15) is 5.75 Å². The number of fused-ring (bicyclic) bond motifs is 1. The standard InChI is InChI=1S/C22H26N2O2/c1-15-21(18-7-5-6-8-19(18)24-15)22(2,3)14-23-20(25)13-16-9-11-17(26-4)12-10-16/h5-12,24H,13-14H2,1-4H3,(H,23,25). The van der Waals surface area contributed by atoms with Gasteiger partial charge in [0.2, 0.25) is 5.91 Å². The van der Waals surface area contributed by atoms with E-state index in [1.807, 2.05) is 30.3 Å². The van der Waals surface area contributed by atoms with Gasteiger partial charge in [-0.1, -0.05) is 44.2 Å². The van der Waals surface area contributed by atoms with E-state index in [9.17, 15) is 4.79 Å². The number of aryl methyl sites for hydroxylation is 1. The molecule has 3 rings (SSSR count). The number of hydrogen-bond acceptors (Lipinski definition) is 2. The molecule has 1 heterocycles. The number of methoxy groups -OCH3 is 1. The molecule has 4 heteroatoms. The van der Waals surface area contributed by atoms with E-state index in [4.69, 9.17) is 4.74 Å². The molecule has 0 saturated heterocycles. The number of amides is 1. The number of carbonyl (C=O) groups is 1. The molecule has 0 aliphatic rings. The number of H-pyrrole nitrogens is 1. The Morgan fingerprint density at radius 2 is 1.81 bits per heavy atom. The monoisotopic (exact) mass is 350 g/mol. The van der Waals surface area contributed by atoms with Crippen molar-refractivity contribution in [3.8, 4) is 5.75 Å². The third kappa shape index (κ3) is 3.74. The summed E-state index contributed by atoms with van der Waals surface area (Å²) in [5.41, 5.74) is 4.36. The number of nitrogens with one attached hydrogen (secondary N) is 2. The van der Waals surface area contributed by atoms with Crippen molar-refractivity contribution < 1.29 is 9.53 Å². The van der Waals surface area contributed by atoms with E-state index in [0.717, 1.165) is 22.5 Å². The Morgan fingerprint density at radius 1 is 1.12 bits per heavy atom. The van der Waals surface area contributed by atoms with Gasteiger partial charge in [0.25, 0.3) is 0 Å². The highest BCUT2D eigenvalue weighted by Gasteiger charge is 2.26. The minimum absolute atomic E-state index is 0.0285. The topological polar surface area (TPSA) is 54.1 Å². The molecule has 0 aliphatic heterocycles. The summed E-state index contributed by atoms with van der Waals surface area (Å²) in [4.78, 5) is 15.8. The maximum absolute atomic E-state index is 12.4. The molecule has 0 saturated carbocycles. The van der Waals surface area contributed by atoms with Crippen molar-refractivity contribution in [1.82, 2.24) is 10.3 Å². The van der Waals surface area contributed by atoms with Gasteiger partial charge in [0.15, 0.2) is 0 Å². The molecule has 0 fully saturated rings. The van der Waals surface area contributed by atoms with E-state index in [1.165, 1.54) is 10.9 Å². The van der Waals surface area contributed by atoms with Gasteiger partial charge in [-0.3, -0.25) is 4.79 Å². The average Bonchev–Trinajstić information content (AvgIpc) is 2.97. The van der Waals surface area contributed by atoms with Crippen LogP contribution in [0.2, 0.25) is 0 Å². The maximum Gasteiger partial charge on any atom is 0.224 e. The van der Waals surface area contributed by atoms with Crippen LogP contribution in [0, 0.1) is 6.92 Å². The smallest absolute Gasteiger partial charge is 0.224 e. The normalized spacial score (nSPS) is 11.5. The number of para-hydroxylation sites is 1. The molecule has 136 valence electrons. The molecule has 3 aromatic rings. The van der Waals surface area contributed by atoms with Crippen LogP contribution in [0.25, 0.3) is 10.9 Å². The van der Waals surface area contributed by atoms with Gasteiger partial charge in [0.05, 0.1) is 13.5 Å². The summed E-state index contributed by atoms with van der Waals surface area (Å²) in [6.07, 6.45) is 0.368. The fourth-order valence-corrected chi connectivity index (χ4v) is 3.55. The van der Waals surface area contributed by atoms with Crippen LogP contribution < -0.4 is 10.1 Å². The zero-order valence-corrected chi connectivity index (χ0v) is 15.8. The number of ether oxygens (including phenoxy) is 1. The molecule has 0 radical (unpaired) electrons. The SMILES string of the molecule is COc1ccc(CC(=O)NCC(C)(C)c2c(C)[nH]c3ccccc23)cc1. The second-order valence-corrected chi connectivity index (χ2v) is 7.36. The summed E-state index contributed by atoms with van der Waals surface area (Å²) in [6.45, 7) is 7.02. The third-order valence-corrected chi connectivity index (χ3v) is 4.82. The van der Waals surface area contributed by atoms with Gasteiger partial charge >= 0.3 is 0 Å². The molecule has 1 aromatic heterocycles. The second kappa shape index (κ2) is 7.24. The van der Waals surface area contributed by atoms with Crippen molar-refractivity contribution in [2.24, 2.45) is 0 Å². The first-order valence-electron chi connectivity index (χ1n) is 8.88. The molecule has 0 spiro atoms. The summed E-state index contributed by atoms with van der Waals surface area (Å²) in [5, 5.41) is 4.32. The van der Waals surface area contributed by atoms with Crippen LogP contribution in [0.4, 0.5) is 0 Å². The van der Waals surface area contributed by atoms with Crippen LogP contribution in [-0.4, -0.2) is 24.5 Å². The summed E-state index contributed by atoms with van der Waals surface area (Å²) < 4.78 is 5.15. The Labute approximate surface area is 154 Å². The van der Waals surface area contributed by atoms with Gasteiger partial charge < -0.3 is 15.0 Å². The number of carbonyl (C=O) groups excluding carboxylic acids is 1. The summed E-state index contributed by atoms with van der Waals surface area (Å²) in [7, 11) is 1.64. The maximum atomic E-state index is 12.4. The first-order chi connectivity index (χ1) is 12.4. The van der Waals surface area contributed by atoms with Crippen molar-refractivity contribution in [2.75, 3.05) is 13.7 Å². The number of rotatable bonds is 6. The molecule has 0 atom stereocenters. The van der Waals surface area contributed by atoms with Gasteiger partial charge in [-0.05, 0) is 36.2 Å². The zero-order valence-electron chi connectivity index (χ0n) is 15.8.